The van der Waals surface area contributed by atoms with Gasteiger partial charge >= 0.3 is 0 Å². The molecule has 0 spiro atoms. The Labute approximate surface area is 120 Å². The minimum absolute atomic E-state index is 0.00476. The van der Waals surface area contributed by atoms with E-state index in [0.29, 0.717) is 18.1 Å². The summed E-state index contributed by atoms with van der Waals surface area (Å²) in [5.74, 6) is -0.00476. The van der Waals surface area contributed by atoms with Gasteiger partial charge in [0, 0.05) is 13.0 Å². The Bertz CT molecular complexity index is 415. The molecule has 0 saturated heterocycles. The molecule has 0 bridgehead atoms. The van der Waals surface area contributed by atoms with Gasteiger partial charge in [0.15, 0.2) is 5.11 Å². The summed E-state index contributed by atoms with van der Waals surface area (Å²) in [6.45, 7) is 4.80. The highest BCUT2D eigenvalue weighted by molar-refractivity contribution is 7.80. The van der Waals surface area contributed by atoms with E-state index in [1.807, 2.05) is 12.1 Å². The fraction of sp³-hybridized carbons (Fsp3) is 0.467. The van der Waals surface area contributed by atoms with Crippen molar-refractivity contribution in [3.63, 3.8) is 0 Å². The first-order valence-electron chi connectivity index (χ1n) is 6.75. The number of carbonyl (C=O) groups is 1. The molecule has 4 heteroatoms. The highest BCUT2D eigenvalue weighted by Gasteiger charge is 2.03. The van der Waals surface area contributed by atoms with Gasteiger partial charge in [-0.2, -0.15) is 0 Å². The lowest BCUT2D eigenvalue weighted by Crippen LogP contribution is -2.38. The SMILES string of the molecule is CCCCCC(=O)NC(=S)NCc1ccc(C)cc1. The van der Waals surface area contributed by atoms with E-state index in [2.05, 4.69) is 36.6 Å². The molecule has 0 unspecified atom stereocenters. The van der Waals surface area contributed by atoms with E-state index in [9.17, 15) is 4.79 Å². The van der Waals surface area contributed by atoms with Crippen LogP contribution in [0.2, 0.25) is 0 Å². The van der Waals surface area contributed by atoms with Gasteiger partial charge < -0.3 is 10.6 Å². The summed E-state index contributed by atoms with van der Waals surface area (Å²) in [6, 6.07) is 8.22. The Morgan fingerprint density at radius 3 is 2.53 bits per heavy atom. The van der Waals surface area contributed by atoms with Crippen LogP contribution in [0.5, 0.6) is 0 Å². The third-order valence-corrected chi connectivity index (χ3v) is 3.08. The number of amides is 1. The molecule has 0 radical (unpaired) electrons. The van der Waals surface area contributed by atoms with E-state index in [0.717, 1.165) is 24.8 Å². The van der Waals surface area contributed by atoms with Gasteiger partial charge in [-0.15, -0.1) is 0 Å². The van der Waals surface area contributed by atoms with Crippen LogP contribution in [0.3, 0.4) is 0 Å². The molecule has 0 aliphatic heterocycles. The van der Waals surface area contributed by atoms with Gasteiger partial charge in [-0.25, -0.2) is 0 Å². The summed E-state index contributed by atoms with van der Waals surface area (Å²) in [7, 11) is 0. The molecule has 0 saturated carbocycles. The number of rotatable bonds is 6. The van der Waals surface area contributed by atoms with E-state index in [-0.39, 0.29) is 5.91 Å². The molecule has 1 amide bonds. The van der Waals surface area contributed by atoms with Crippen molar-refractivity contribution in [3.8, 4) is 0 Å². The van der Waals surface area contributed by atoms with Crippen LogP contribution in [0.15, 0.2) is 24.3 Å². The number of thiocarbonyl (C=S) groups is 1. The Kier molecular flexibility index (Phi) is 7.11. The predicted octanol–water partition coefficient (Wildman–Crippen LogP) is 3.07. The average molecular weight is 278 g/mol. The van der Waals surface area contributed by atoms with Crippen LogP contribution in [0.25, 0.3) is 0 Å². The normalized spacial score (nSPS) is 10.0. The maximum Gasteiger partial charge on any atom is 0.226 e. The highest BCUT2D eigenvalue weighted by Crippen LogP contribution is 2.02. The van der Waals surface area contributed by atoms with Crippen LogP contribution < -0.4 is 10.6 Å². The largest absolute Gasteiger partial charge is 0.358 e. The van der Waals surface area contributed by atoms with Crippen LogP contribution in [-0.4, -0.2) is 11.0 Å². The Balaban J connectivity index is 2.24. The lowest BCUT2D eigenvalue weighted by Gasteiger charge is -2.09. The third kappa shape index (κ3) is 6.91. The molecule has 104 valence electrons. The number of hydrogen-bond donors (Lipinski definition) is 2. The summed E-state index contributed by atoms with van der Waals surface area (Å²) in [5, 5.41) is 6.15. The molecule has 19 heavy (non-hydrogen) atoms. The van der Waals surface area contributed by atoms with Crippen molar-refractivity contribution in [1.29, 1.82) is 0 Å². The zero-order valence-corrected chi connectivity index (χ0v) is 12.5. The zero-order valence-electron chi connectivity index (χ0n) is 11.7. The number of unbranched alkanes of at least 4 members (excludes halogenated alkanes) is 2. The zero-order chi connectivity index (χ0) is 14.1. The second-order valence-corrected chi connectivity index (χ2v) is 5.08. The summed E-state index contributed by atoms with van der Waals surface area (Å²) in [6.07, 6.45) is 3.66. The van der Waals surface area contributed by atoms with Crippen LogP contribution in [0.4, 0.5) is 0 Å². The minimum Gasteiger partial charge on any atom is -0.358 e. The number of aryl methyl sites for hydroxylation is 1. The van der Waals surface area contributed by atoms with Crippen molar-refractivity contribution in [2.45, 2.75) is 46.1 Å². The van der Waals surface area contributed by atoms with Crippen LogP contribution >= 0.6 is 12.2 Å². The first-order valence-corrected chi connectivity index (χ1v) is 7.16. The number of nitrogens with one attached hydrogen (secondary N) is 2. The van der Waals surface area contributed by atoms with Crippen molar-refractivity contribution in [2.24, 2.45) is 0 Å². The van der Waals surface area contributed by atoms with Crippen LogP contribution in [0.1, 0.15) is 43.7 Å². The van der Waals surface area contributed by atoms with E-state index >= 15 is 0 Å². The smallest absolute Gasteiger partial charge is 0.226 e. The van der Waals surface area contributed by atoms with E-state index in [4.69, 9.17) is 12.2 Å². The lowest BCUT2D eigenvalue weighted by atomic mass is 10.1. The van der Waals surface area contributed by atoms with E-state index < -0.39 is 0 Å². The molecule has 0 aromatic heterocycles. The van der Waals surface area contributed by atoms with Gasteiger partial charge in [0.2, 0.25) is 5.91 Å². The van der Waals surface area contributed by atoms with Crippen molar-refractivity contribution in [1.82, 2.24) is 10.6 Å². The molecule has 0 aliphatic rings. The van der Waals surface area contributed by atoms with E-state index in [1.54, 1.807) is 0 Å². The summed E-state index contributed by atoms with van der Waals surface area (Å²) in [4.78, 5) is 11.5. The Hall–Kier alpha value is -1.42. The van der Waals surface area contributed by atoms with Gasteiger partial charge in [-0.05, 0) is 31.1 Å². The topological polar surface area (TPSA) is 41.1 Å². The monoisotopic (exact) mass is 278 g/mol. The average Bonchev–Trinajstić information content (AvgIpc) is 2.38. The van der Waals surface area contributed by atoms with Crippen LogP contribution in [0, 0.1) is 6.92 Å². The minimum atomic E-state index is -0.00476. The molecular formula is C15H22N2OS. The first-order chi connectivity index (χ1) is 9.11. The molecule has 2 N–H and O–H groups in total. The second-order valence-electron chi connectivity index (χ2n) is 4.67. The summed E-state index contributed by atoms with van der Waals surface area (Å²) >= 11 is 5.09. The fourth-order valence-electron chi connectivity index (χ4n) is 1.66. The molecule has 0 atom stereocenters. The number of carbonyl (C=O) groups excluding carboxylic acids is 1. The van der Waals surface area contributed by atoms with Crippen molar-refractivity contribution in [2.75, 3.05) is 0 Å². The van der Waals surface area contributed by atoms with E-state index in [1.165, 1.54) is 5.56 Å². The summed E-state index contributed by atoms with van der Waals surface area (Å²) in [5.41, 5.74) is 2.38. The Morgan fingerprint density at radius 2 is 1.89 bits per heavy atom. The molecule has 1 aromatic carbocycles. The molecular weight excluding hydrogens is 256 g/mol. The third-order valence-electron chi connectivity index (χ3n) is 2.83. The van der Waals surface area contributed by atoms with Crippen molar-refractivity contribution in [3.05, 3.63) is 35.4 Å². The molecule has 0 heterocycles. The molecule has 1 rings (SSSR count). The highest BCUT2D eigenvalue weighted by atomic mass is 32.1. The van der Waals surface area contributed by atoms with Gasteiger partial charge in [-0.3, -0.25) is 4.79 Å². The Morgan fingerprint density at radius 1 is 1.21 bits per heavy atom. The molecule has 3 nitrogen and oxygen atoms in total. The van der Waals surface area contributed by atoms with Crippen molar-refractivity contribution < 1.29 is 4.79 Å². The number of hydrogen-bond acceptors (Lipinski definition) is 2. The van der Waals surface area contributed by atoms with Gasteiger partial charge in [0.25, 0.3) is 0 Å². The molecule has 0 fully saturated rings. The first kappa shape index (κ1) is 15.6. The molecule has 0 aliphatic carbocycles. The second kappa shape index (κ2) is 8.64. The maximum atomic E-state index is 11.5. The standard InChI is InChI=1S/C15H22N2OS/c1-3-4-5-6-14(18)17-15(19)16-11-13-9-7-12(2)8-10-13/h7-10H,3-6,11H2,1-2H3,(H2,16,17,18,19). The number of benzene rings is 1. The lowest BCUT2D eigenvalue weighted by molar-refractivity contribution is -0.119. The van der Waals surface area contributed by atoms with Crippen LogP contribution in [-0.2, 0) is 11.3 Å². The van der Waals surface area contributed by atoms with Crippen molar-refractivity contribution >= 4 is 23.2 Å². The maximum absolute atomic E-state index is 11.5. The van der Waals surface area contributed by atoms with Gasteiger partial charge in [0.05, 0.1) is 0 Å². The quantitative estimate of drug-likeness (QED) is 0.620. The fourth-order valence-corrected chi connectivity index (χ4v) is 1.84. The van der Waals surface area contributed by atoms with Gasteiger partial charge in [0.1, 0.15) is 0 Å². The van der Waals surface area contributed by atoms with Gasteiger partial charge in [-0.1, -0.05) is 49.6 Å². The molecule has 1 aromatic rings. The summed E-state index contributed by atoms with van der Waals surface area (Å²) < 4.78 is 0. The predicted molar refractivity (Wildman–Crippen MR) is 82.9 cm³/mol.